The fourth-order valence-corrected chi connectivity index (χ4v) is 3.87. The maximum absolute atomic E-state index is 12.5. The van der Waals surface area contributed by atoms with Crippen LogP contribution in [0.4, 0.5) is 0 Å². The molecule has 4 rings (SSSR count). The van der Waals surface area contributed by atoms with Crippen molar-refractivity contribution < 1.29 is 4.79 Å². The van der Waals surface area contributed by atoms with Gasteiger partial charge < -0.3 is 9.47 Å². The van der Waals surface area contributed by atoms with E-state index >= 15 is 0 Å². The van der Waals surface area contributed by atoms with Gasteiger partial charge in [0.15, 0.2) is 0 Å². The molecule has 0 radical (unpaired) electrons. The summed E-state index contributed by atoms with van der Waals surface area (Å²) in [6.07, 6.45) is 8.08. The molecule has 5 heteroatoms. The Morgan fingerprint density at radius 3 is 2.83 bits per heavy atom. The molecule has 0 N–H and O–H groups in total. The first kappa shape index (κ1) is 14.7. The maximum Gasteiger partial charge on any atom is 0.225 e. The highest BCUT2D eigenvalue weighted by Crippen LogP contribution is 2.34. The molecule has 122 valence electrons. The number of fused-ring (bicyclic) bond motifs is 1. The summed E-state index contributed by atoms with van der Waals surface area (Å²) < 4.78 is 2.30. The van der Waals surface area contributed by atoms with Crippen LogP contribution < -0.4 is 0 Å². The largest absolute Gasteiger partial charge is 0.342 e. The van der Waals surface area contributed by atoms with E-state index in [4.69, 9.17) is 4.98 Å². The highest BCUT2D eigenvalue weighted by molar-refractivity contribution is 5.80. The number of rotatable bonds is 3. The monoisotopic (exact) mass is 312 g/mol. The quantitative estimate of drug-likeness (QED) is 0.875. The Balaban J connectivity index is 1.62. The van der Waals surface area contributed by atoms with Crippen molar-refractivity contribution in [3.05, 3.63) is 24.3 Å². The number of aromatic nitrogens is 3. The van der Waals surface area contributed by atoms with E-state index in [0.717, 1.165) is 49.2 Å². The van der Waals surface area contributed by atoms with Gasteiger partial charge >= 0.3 is 0 Å². The van der Waals surface area contributed by atoms with E-state index in [1.165, 1.54) is 6.42 Å². The van der Waals surface area contributed by atoms with Gasteiger partial charge in [0.05, 0.1) is 17.2 Å². The molecule has 2 fully saturated rings. The third-order valence-corrected chi connectivity index (χ3v) is 5.35. The minimum Gasteiger partial charge on any atom is -0.342 e. The first-order chi connectivity index (χ1) is 11.1. The van der Waals surface area contributed by atoms with Gasteiger partial charge in [-0.2, -0.15) is 0 Å². The summed E-state index contributed by atoms with van der Waals surface area (Å²) in [7, 11) is 0. The molecule has 1 aliphatic heterocycles. The van der Waals surface area contributed by atoms with Crippen LogP contribution >= 0.6 is 0 Å². The molecule has 23 heavy (non-hydrogen) atoms. The molecule has 2 aliphatic rings. The molecule has 1 saturated carbocycles. The predicted octanol–water partition coefficient (Wildman–Crippen LogP) is 3.13. The standard InChI is InChI=1S/C18H24N4O/c1-12(2)22-16-10-19-8-6-15(16)20-17(22)14-7-9-21(11-14)18(23)13-4-3-5-13/h6,8,10,12-14H,3-5,7,9,11H2,1-2H3. The van der Waals surface area contributed by atoms with Gasteiger partial charge in [0.2, 0.25) is 5.91 Å². The van der Waals surface area contributed by atoms with Crippen LogP contribution in [-0.2, 0) is 4.79 Å². The van der Waals surface area contributed by atoms with Gasteiger partial charge in [-0.25, -0.2) is 4.98 Å². The van der Waals surface area contributed by atoms with E-state index in [-0.39, 0.29) is 0 Å². The van der Waals surface area contributed by atoms with E-state index in [1.54, 1.807) is 6.20 Å². The molecule has 0 spiro atoms. The third kappa shape index (κ3) is 2.42. The van der Waals surface area contributed by atoms with Gasteiger partial charge in [-0.05, 0) is 39.2 Å². The summed E-state index contributed by atoms with van der Waals surface area (Å²) in [4.78, 5) is 23.7. The lowest BCUT2D eigenvalue weighted by molar-refractivity contribution is -0.137. The van der Waals surface area contributed by atoms with Crippen molar-refractivity contribution in [1.82, 2.24) is 19.4 Å². The summed E-state index contributed by atoms with van der Waals surface area (Å²) in [5, 5.41) is 0. The van der Waals surface area contributed by atoms with Crippen LogP contribution in [0.5, 0.6) is 0 Å². The van der Waals surface area contributed by atoms with Gasteiger partial charge in [-0.1, -0.05) is 6.42 Å². The number of imidazole rings is 1. The van der Waals surface area contributed by atoms with Gasteiger partial charge in [-0.15, -0.1) is 0 Å². The summed E-state index contributed by atoms with van der Waals surface area (Å²) in [5.74, 6) is 2.12. The lowest BCUT2D eigenvalue weighted by atomic mass is 9.84. The Kier molecular flexibility index (Phi) is 3.58. The Bertz CT molecular complexity index is 732. The van der Waals surface area contributed by atoms with Gasteiger partial charge in [0.25, 0.3) is 0 Å². The molecule has 1 unspecified atom stereocenters. The average molecular weight is 312 g/mol. The molecule has 5 nitrogen and oxygen atoms in total. The number of hydrogen-bond acceptors (Lipinski definition) is 3. The number of likely N-dealkylation sites (tertiary alicyclic amines) is 1. The van der Waals surface area contributed by atoms with Crippen LogP contribution in [0.3, 0.4) is 0 Å². The second kappa shape index (κ2) is 5.62. The lowest BCUT2D eigenvalue weighted by Crippen LogP contribution is -2.37. The van der Waals surface area contributed by atoms with Crippen molar-refractivity contribution in [3.8, 4) is 0 Å². The molecule has 2 aromatic rings. The van der Waals surface area contributed by atoms with Crippen molar-refractivity contribution in [2.24, 2.45) is 5.92 Å². The summed E-state index contributed by atoms with van der Waals surface area (Å²) >= 11 is 0. The molecule has 1 amide bonds. The number of carbonyl (C=O) groups is 1. The van der Waals surface area contributed by atoms with Crippen LogP contribution in [0.25, 0.3) is 11.0 Å². The Morgan fingerprint density at radius 2 is 2.13 bits per heavy atom. The zero-order valence-corrected chi connectivity index (χ0v) is 13.9. The van der Waals surface area contributed by atoms with Crippen LogP contribution in [-0.4, -0.2) is 38.4 Å². The van der Waals surface area contributed by atoms with Crippen molar-refractivity contribution >= 4 is 16.9 Å². The summed E-state index contributed by atoms with van der Waals surface area (Å²) in [6, 6.07) is 2.32. The molecule has 3 heterocycles. The molecular formula is C18H24N4O. The lowest BCUT2D eigenvalue weighted by Gasteiger charge is -2.29. The van der Waals surface area contributed by atoms with Gasteiger partial charge in [-0.3, -0.25) is 9.78 Å². The second-order valence-electron chi connectivity index (χ2n) is 7.20. The Labute approximate surface area is 136 Å². The highest BCUT2D eigenvalue weighted by atomic mass is 16.2. The molecule has 1 atom stereocenters. The second-order valence-corrected chi connectivity index (χ2v) is 7.20. The van der Waals surface area contributed by atoms with E-state index < -0.39 is 0 Å². The number of hydrogen-bond donors (Lipinski definition) is 0. The fraction of sp³-hybridized carbons (Fsp3) is 0.611. The van der Waals surface area contributed by atoms with Crippen LogP contribution in [0.1, 0.15) is 57.3 Å². The molecule has 0 aromatic carbocycles. The van der Waals surface area contributed by atoms with E-state index in [1.807, 2.05) is 12.3 Å². The minimum atomic E-state index is 0.293. The van der Waals surface area contributed by atoms with Crippen molar-refractivity contribution in [3.63, 3.8) is 0 Å². The first-order valence-corrected chi connectivity index (χ1v) is 8.75. The molecular weight excluding hydrogens is 288 g/mol. The highest BCUT2D eigenvalue weighted by Gasteiger charge is 2.36. The first-order valence-electron chi connectivity index (χ1n) is 8.75. The SMILES string of the molecule is CC(C)n1c(C2CCN(C(=O)C3CCC3)C2)nc2ccncc21. The molecule has 0 bridgehead atoms. The van der Waals surface area contributed by atoms with Gasteiger partial charge in [0, 0.05) is 37.2 Å². The minimum absolute atomic E-state index is 0.293. The zero-order valence-electron chi connectivity index (χ0n) is 13.9. The number of carbonyl (C=O) groups excluding carboxylic acids is 1. The van der Waals surface area contributed by atoms with Crippen LogP contribution in [0, 0.1) is 5.92 Å². The third-order valence-electron chi connectivity index (χ3n) is 5.35. The Hall–Kier alpha value is -1.91. The number of amides is 1. The average Bonchev–Trinajstić information content (AvgIpc) is 3.09. The smallest absolute Gasteiger partial charge is 0.225 e. The Morgan fingerprint density at radius 1 is 1.30 bits per heavy atom. The molecule has 1 aliphatic carbocycles. The maximum atomic E-state index is 12.5. The number of pyridine rings is 1. The van der Waals surface area contributed by atoms with Gasteiger partial charge in [0.1, 0.15) is 5.82 Å². The molecule has 2 aromatic heterocycles. The zero-order chi connectivity index (χ0) is 16.0. The summed E-state index contributed by atoms with van der Waals surface area (Å²) in [6.45, 7) is 6.06. The van der Waals surface area contributed by atoms with Crippen LogP contribution in [0.2, 0.25) is 0 Å². The molecule has 1 saturated heterocycles. The van der Waals surface area contributed by atoms with E-state index in [9.17, 15) is 4.79 Å². The normalized spacial score (nSPS) is 22.0. The van der Waals surface area contributed by atoms with E-state index in [2.05, 4.69) is 28.3 Å². The topological polar surface area (TPSA) is 51.0 Å². The predicted molar refractivity (Wildman–Crippen MR) is 89.2 cm³/mol. The van der Waals surface area contributed by atoms with Crippen molar-refractivity contribution in [2.75, 3.05) is 13.1 Å². The van der Waals surface area contributed by atoms with Crippen molar-refractivity contribution in [1.29, 1.82) is 0 Å². The van der Waals surface area contributed by atoms with Crippen molar-refractivity contribution in [2.45, 2.75) is 51.5 Å². The number of nitrogens with zero attached hydrogens (tertiary/aromatic N) is 4. The fourth-order valence-electron chi connectivity index (χ4n) is 3.87. The summed E-state index contributed by atoms with van der Waals surface area (Å²) in [5.41, 5.74) is 2.11. The van der Waals surface area contributed by atoms with E-state index in [0.29, 0.717) is 23.8 Å². The van der Waals surface area contributed by atoms with Crippen LogP contribution in [0.15, 0.2) is 18.5 Å².